The van der Waals surface area contributed by atoms with E-state index in [-0.39, 0.29) is 5.91 Å². The molecular formula is C36H43BrN3O3+. The van der Waals surface area contributed by atoms with E-state index in [0.717, 1.165) is 87.9 Å². The maximum atomic E-state index is 12.3. The molecule has 0 spiro atoms. The number of halogens is 1. The summed E-state index contributed by atoms with van der Waals surface area (Å²) in [5.74, 6) is 1.52. The molecule has 3 aromatic carbocycles. The summed E-state index contributed by atoms with van der Waals surface area (Å²) in [5, 5.41) is 3.02. The highest BCUT2D eigenvalue weighted by Gasteiger charge is 2.20. The van der Waals surface area contributed by atoms with Crippen LogP contribution in [0.1, 0.15) is 37.3 Å². The van der Waals surface area contributed by atoms with E-state index in [2.05, 4.69) is 79.7 Å². The Morgan fingerprint density at radius 3 is 2.58 bits per heavy atom. The number of hydrogen-bond acceptors (Lipinski definition) is 4. The van der Waals surface area contributed by atoms with Crippen LogP contribution in [0.5, 0.6) is 5.75 Å². The number of likely N-dealkylation sites (N-methyl/N-ethyl adjacent to an activating group) is 1. The molecule has 1 heterocycles. The summed E-state index contributed by atoms with van der Waals surface area (Å²) < 4.78 is 14.2. The number of amides is 1. The summed E-state index contributed by atoms with van der Waals surface area (Å²) in [6, 6.07) is 18.4. The van der Waals surface area contributed by atoms with Gasteiger partial charge in [0.2, 0.25) is 5.89 Å². The van der Waals surface area contributed by atoms with E-state index in [1.807, 2.05) is 42.5 Å². The standard InChI is InChI=1S/C36H42BrN3O3/c1-6-9-19-38-34(41)25-40(4,5)20-12-21-42-33-18-17-27(24-28(33)14-8-3)30-22-26(13-7-2)23-32-35(30)43-36(39-32)29-15-10-11-16-31(29)37/h7-8,10-11,15-18,22-24H,2-3,6,9,12-14,19-21,25H2,1,4-5H3/p+1. The molecule has 0 saturated carbocycles. The number of quaternary nitrogens is 1. The fourth-order valence-corrected chi connectivity index (χ4v) is 5.60. The molecule has 226 valence electrons. The zero-order valence-electron chi connectivity index (χ0n) is 25.6. The maximum absolute atomic E-state index is 12.3. The van der Waals surface area contributed by atoms with Crippen LogP contribution in [0.25, 0.3) is 33.7 Å². The van der Waals surface area contributed by atoms with Crippen molar-refractivity contribution in [3.05, 3.63) is 95.5 Å². The Morgan fingerprint density at radius 1 is 1.05 bits per heavy atom. The van der Waals surface area contributed by atoms with E-state index in [1.54, 1.807) is 0 Å². The number of aromatic nitrogens is 1. The minimum absolute atomic E-state index is 0.102. The van der Waals surface area contributed by atoms with E-state index >= 15 is 0 Å². The molecule has 0 aliphatic rings. The molecule has 0 atom stereocenters. The van der Waals surface area contributed by atoms with Crippen molar-refractivity contribution in [2.75, 3.05) is 40.3 Å². The van der Waals surface area contributed by atoms with Gasteiger partial charge in [-0.25, -0.2) is 4.98 Å². The van der Waals surface area contributed by atoms with Gasteiger partial charge in [-0.1, -0.05) is 43.7 Å². The Balaban J connectivity index is 1.53. The first-order chi connectivity index (χ1) is 20.7. The van der Waals surface area contributed by atoms with Crippen LogP contribution in [0.3, 0.4) is 0 Å². The summed E-state index contributed by atoms with van der Waals surface area (Å²) in [5.41, 5.74) is 6.65. The molecule has 43 heavy (non-hydrogen) atoms. The summed E-state index contributed by atoms with van der Waals surface area (Å²) in [6.45, 7) is 12.6. The highest BCUT2D eigenvalue weighted by Crippen LogP contribution is 2.37. The predicted molar refractivity (Wildman–Crippen MR) is 180 cm³/mol. The highest BCUT2D eigenvalue weighted by atomic mass is 79.9. The zero-order chi connectivity index (χ0) is 30.8. The number of ether oxygens (including phenoxy) is 1. The minimum atomic E-state index is 0.102. The number of allylic oxidation sites excluding steroid dienone is 2. The molecule has 0 aliphatic heterocycles. The van der Waals surface area contributed by atoms with Crippen molar-refractivity contribution in [3.63, 3.8) is 0 Å². The van der Waals surface area contributed by atoms with Gasteiger partial charge in [0.15, 0.2) is 12.1 Å². The molecule has 0 bridgehead atoms. The fourth-order valence-electron chi connectivity index (χ4n) is 5.15. The molecule has 7 heteroatoms. The van der Waals surface area contributed by atoms with Gasteiger partial charge >= 0.3 is 0 Å². The normalized spacial score (nSPS) is 11.4. The molecule has 0 aliphatic carbocycles. The summed E-state index contributed by atoms with van der Waals surface area (Å²) >= 11 is 3.63. The number of nitrogens with zero attached hydrogens (tertiary/aromatic N) is 2. The van der Waals surface area contributed by atoms with E-state index < -0.39 is 0 Å². The molecule has 0 unspecified atom stereocenters. The van der Waals surface area contributed by atoms with Crippen LogP contribution in [0, 0.1) is 0 Å². The van der Waals surface area contributed by atoms with Gasteiger partial charge in [-0.05, 0) is 88.3 Å². The topological polar surface area (TPSA) is 64.4 Å². The zero-order valence-corrected chi connectivity index (χ0v) is 27.2. The maximum Gasteiger partial charge on any atom is 0.275 e. The average Bonchev–Trinajstić information content (AvgIpc) is 3.40. The quantitative estimate of drug-likeness (QED) is 0.0759. The van der Waals surface area contributed by atoms with E-state index in [0.29, 0.717) is 29.9 Å². The number of nitrogens with one attached hydrogen (secondary N) is 1. The van der Waals surface area contributed by atoms with E-state index in [9.17, 15) is 4.79 Å². The Labute approximate surface area is 264 Å². The summed E-state index contributed by atoms with van der Waals surface area (Å²) in [6.07, 6.45) is 8.13. The van der Waals surface area contributed by atoms with Crippen LogP contribution in [-0.4, -0.2) is 55.7 Å². The van der Waals surface area contributed by atoms with Crippen molar-refractivity contribution >= 4 is 32.9 Å². The largest absolute Gasteiger partial charge is 0.493 e. The van der Waals surface area contributed by atoms with Crippen LogP contribution in [0.15, 0.2) is 88.8 Å². The Kier molecular flexibility index (Phi) is 11.4. The van der Waals surface area contributed by atoms with Crippen molar-refractivity contribution < 1.29 is 18.4 Å². The van der Waals surface area contributed by atoms with Crippen LogP contribution in [-0.2, 0) is 17.6 Å². The van der Waals surface area contributed by atoms with Gasteiger partial charge in [-0.15, -0.1) is 13.2 Å². The third kappa shape index (κ3) is 8.68. The Hall–Kier alpha value is -3.68. The predicted octanol–water partition coefficient (Wildman–Crippen LogP) is 8.14. The lowest BCUT2D eigenvalue weighted by Gasteiger charge is -2.29. The number of hydrogen-bond donors (Lipinski definition) is 1. The van der Waals surface area contributed by atoms with Crippen LogP contribution in [0.2, 0.25) is 0 Å². The number of carbonyl (C=O) groups excluding carboxylic acids is 1. The number of unbranched alkanes of at least 4 members (excludes halogenated alkanes) is 1. The molecule has 0 fully saturated rings. The second-order valence-corrected chi connectivity index (χ2v) is 12.4. The lowest BCUT2D eigenvalue weighted by molar-refractivity contribution is -0.882. The molecule has 1 amide bonds. The number of fused-ring (bicyclic) bond motifs is 1. The summed E-state index contributed by atoms with van der Waals surface area (Å²) in [4.78, 5) is 17.2. The van der Waals surface area contributed by atoms with Crippen LogP contribution < -0.4 is 10.1 Å². The van der Waals surface area contributed by atoms with E-state index in [1.165, 1.54) is 0 Å². The molecule has 1 aromatic heterocycles. The molecule has 0 saturated heterocycles. The van der Waals surface area contributed by atoms with Crippen LogP contribution in [0.4, 0.5) is 0 Å². The molecule has 6 nitrogen and oxygen atoms in total. The monoisotopic (exact) mass is 644 g/mol. The number of carbonyl (C=O) groups is 1. The average molecular weight is 646 g/mol. The van der Waals surface area contributed by atoms with Gasteiger partial charge in [0.1, 0.15) is 11.3 Å². The third-order valence-electron chi connectivity index (χ3n) is 7.36. The minimum Gasteiger partial charge on any atom is -0.493 e. The third-order valence-corrected chi connectivity index (χ3v) is 8.05. The van der Waals surface area contributed by atoms with Crippen molar-refractivity contribution in [2.45, 2.75) is 39.0 Å². The lowest BCUT2D eigenvalue weighted by Crippen LogP contribution is -2.48. The number of rotatable bonds is 16. The molecule has 1 N–H and O–H groups in total. The first-order valence-electron chi connectivity index (χ1n) is 15.0. The van der Waals surface area contributed by atoms with Crippen molar-refractivity contribution in [1.82, 2.24) is 10.3 Å². The second kappa shape index (κ2) is 15.2. The van der Waals surface area contributed by atoms with Gasteiger partial charge in [-0.3, -0.25) is 4.79 Å². The van der Waals surface area contributed by atoms with Crippen molar-refractivity contribution in [1.29, 1.82) is 0 Å². The molecule has 4 aromatic rings. The summed E-state index contributed by atoms with van der Waals surface area (Å²) in [7, 11) is 4.17. The van der Waals surface area contributed by atoms with Gasteiger partial charge in [0.25, 0.3) is 5.91 Å². The van der Waals surface area contributed by atoms with Crippen molar-refractivity contribution in [2.24, 2.45) is 0 Å². The number of benzene rings is 3. The van der Waals surface area contributed by atoms with Gasteiger partial charge in [0.05, 0.1) is 32.8 Å². The second-order valence-electron chi connectivity index (χ2n) is 11.5. The van der Waals surface area contributed by atoms with Gasteiger partial charge in [-0.2, -0.15) is 0 Å². The van der Waals surface area contributed by atoms with E-state index in [4.69, 9.17) is 14.1 Å². The van der Waals surface area contributed by atoms with Crippen LogP contribution >= 0.6 is 15.9 Å². The fraction of sp³-hybridized carbons (Fsp3) is 0.333. The van der Waals surface area contributed by atoms with Crippen molar-refractivity contribution in [3.8, 4) is 28.3 Å². The molecular weight excluding hydrogens is 602 g/mol. The SMILES string of the molecule is C=CCc1cc(-c2ccc(OCCC[N+](C)(C)CC(=O)NCCCC)c(CC=C)c2)c2oc(-c3ccccc3Br)nc2c1. The Morgan fingerprint density at radius 2 is 1.84 bits per heavy atom. The lowest BCUT2D eigenvalue weighted by atomic mass is 9.97. The number of oxazole rings is 1. The molecule has 4 rings (SSSR count). The first-order valence-corrected chi connectivity index (χ1v) is 15.8. The van der Waals surface area contributed by atoms with Gasteiger partial charge in [0, 0.05) is 23.0 Å². The first kappa shape index (κ1) is 32.2. The molecule has 0 radical (unpaired) electrons. The smallest absolute Gasteiger partial charge is 0.275 e. The highest BCUT2D eigenvalue weighted by molar-refractivity contribution is 9.10. The Bertz CT molecular complexity index is 1570. The van der Waals surface area contributed by atoms with Gasteiger partial charge < -0.3 is 19.0 Å².